The quantitative estimate of drug-likeness (QED) is 0.740. The van der Waals surface area contributed by atoms with Crippen molar-refractivity contribution < 1.29 is 4.52 Å². The standard InChI is InChI=1S/C15H17N5OS/c1-10-18-13(19-21-10)7-11-3-2-5-20(8-11)14-12-4-6-22-15(12)17-9-16-14/h4,6,9,11H,2-3,5,7-8H2,1H3. The molecule has 6 nitrogen and oxygen atoms in total. The first-order chi connectivity index (χ1) is 10.8. The Hall–Kier alpha value is -2.02. The van der Waals surface area contributed by atoms with E-state index >= 15 is 0 Å². The molecule has 0 radical (unpaired) electrons. The van der Waals surface area contributed by atoms with Crippen LogP contribution in [0.15, 0.2) is 22.3 Å². The largest absolute Gasteiger partial charge is 0.356 e. The van der Waals surface area contributed by atoms with Crippen LogP contribution in [0.25, 0.3) is 10.2 Å². The zero-order valence-electron chi connectivity index (χ0n) is 12.4. The van der Waals surface area contributed by atoms with Crippen LogP contribution < -0.4 is 4.90 Å². The van der Waals surface area contributed by atoms with Crippen molar-refractivity contribution in [2.45, 2.75) is 26.2 Å². The molecular formula is C15H17N5OS. The van der Waals surface area contributed by atoms with Crippen molar-refractivity contribution >= 4 is 27.4 Å². The predicted molar refractivity (Wildman–Crippen MR) is 85.1 cm³/mol. The molecule has 22 heavy (non-hydrogen) atoms. The third kappa shape index (κ3) is 2.56. The first-order valence-electron chi connectivity index (χ1n) is 7.52. The highest BCUT2D eigenvalue weighted by Crippen LogP contribution is 2.30. The van der Waals surface area contributed by atoms with Gasteiger partial charge in [0.25, 0.3) is 0 Å². The van der Waals surface area contributed by atoms with Crippen LogP contribution in [0, 0.1) is 12.8 Å². The van der Waals surface area contributed by atoms with Crippen LogP contribution in [0.1, 0.15) is 24.6 Å². The Kier molecular flexibility index (Phi) is 3.49. The average molecular weight is 315 g/mol. The van der Waals surface area contributed by atoms with Crippen molar-refractivity contribution in [2.75, 3.05) is 18.0 Å². The Balaban J connectivity index is 1.54. The fourth-order valence-electron chi connectivity index (χ4n) is 3.14. The van der Waals surface area contributed by atoms with E-state index in [0.29, 0.717) is 11.8 Å². The minimum Gasteiger partial charge on any atom is -0.356 e. The summed E-state index contributed by atoms with van der Waals surface area (Å²) in [6.07, 6.45) is 4.89. The molecule has 0 amide bonds. The van der Waals surface area contributed by atoms with Gasteiger partial charge in [-0.15, -0.1) is 11.3 Å². The van der Waals surface area contributed by atoms with E-state index in [1.54, 1.807) is 17.7 Å². The van der Waals surface area contributed by atoms with Crippen LogP contribution in [0.4, 0.5) is 5.82 Å². The van der Waals surface area contributed by atoms with Gasteiger partial charge < -0.3 is 9.42 Å². The summed E-state index contributed by atoms with van der Waals surface area (Å²) in [6.45, 7) is 3.86. The summed E-state index contributed by atoms with van der Waals surface area (Å²) in [6, 6.07) is 2.11. The lowest BCUT2D eigenvalue weighted by Crippen LogP contribution is -2.37. The molecule has 0 aliphatic carbocycles. The number of fused-ring (bicyclic) bond motifs is 1. The van der Waals surface area contributed by atoms with Crippen LogP contribution in [0.3, 0.4) is 0 Å². The maximum atomic E-state index is 5.07. The molecule has 0 saturated carbocycles. The smallest absolute Gasteiger partial charge is 0.223 e. The molecule has 114 valence electrons. The topological polar surface area (TPSA) is 67.9 Å². The van der Waals surface area contributed by atoms with E-state index in [0.717, 1.165) is 47.8 Å². The van der Waals surface area contributed by atoms with Gasteiger partial charge in [0.2, 0.25) is 5.89 Å². The zero-order chi connectivity index (χ0) is 14.9. The van der Waals surface area contributed by atoms with E-state index in [2.05, 4.69) is 36.5 Å². The van der Waals surface area contributed by atoms with Crippen molar-refractivity contribution in [3.63, 3.8) is 0 Å². The van der Waals surface area contributed by atoms with Crippen LogP contribution in [-0.4, -0.2) is 33.2 Å². The lowest BCUT2D eigenvalue weighted by molar-refractivity contribution is 0.369. The maximum Gasteiger partial charge on any atom is 0.223 e. The molecule has 4 heterocycles. The second kappa shape index (κ2) is 5.64. The number of anilines is 1. The highest BCUT2D eigenvalue weighted by atomic mass is 32.1. The molecule has 1 atom stereocenters. The molecule has 0 aromatic carbocycles. The minimum atomic E-state index is 0.536. The molecule has 4 rings (SSSR count). The van der Waals surface area contributed by atoms with Gasteiger partial charge in [-0.05, 0) is 30.2 Å². The number of hydrogen-bond acceptors (Lipinski definition) is 7. The SMILES string of the molecule is Cc1nc(CC2CCCN(c3ncnc4sccc34)C2)no1. The van der Waals surface area contributed by atoms with Crippen LogP contribution in [0.5, 0.6) is 0 Å². The number of nitrogens with zero attached hydrogens (tertiary/aromatic N) is 5. The summed E-state index contributed by atoms with van der Waals surface area (Å²) in [4.78, 5) is 16.6. The van der Waals surface area contributed by atoms with Crippen molar-refractivity contribution in [2.24, 2.45) is 5.92 Å². The Bertz CT molecular complexity index is 783. The Morgan fingerprint density at radius 3 is 3.23 bits per heavy atom. The summed E-state index contributed by atoms with van der Waals surface area (Å²) in [5, 5.41) is 7.25. The van der Waals surface area contributed by atoms with E-state index in [1.807, 2.05) is 6.92 Å². The summed E-state index contributed by atoms with van der Waals surface area (Å²) in [5.41, 5.74) is 0. The van der Waals surface area contributed by atoms with Crippen molar-refractivity contribution in [1.82, 2.24) is 20.1 Å². The van der Waals surface area contributed by atoms with Crippen molar-refractivity contribution in [3.05, 3.63) is 29.5 Å². The van der Waals surface area contributed by atoms with E-state index in [4.69, 9.17) is 4.52 Å². The van der Waals surface area contributed by atoms with Gasteiger partial charge in [0.15, 0.2) is 5.82 Å². The van der Waals surface area contributed by atoms with Crippen LogP contribution in [-0.2, 0) is 6.42 Å². The normalized spacial score (nSPS) is 19.0. The lowest BCUT2D eigenvalue weighted by Gasteiger charge is -2.33. The highest BCUT2D eigenvalue weighted by molar-refractivity contribution is 7.16. The number of aromatic nitrogens is 4. The van der Waals surface area contributed by atoms with E-state index in [9.17, 15) is 0 Å². The predicted octanol–water partition coefficient (Wildman–Crippen LogP) is 2.84. The fourth-order valence-corrected chi connectivity index (χ4v) is 3.86. The number of thiophene rings is 1. The second-order valence-corrected chi connectivity index (χ2v) is 6.62. The molecule has 3 aromatic rings. The Morgan fingerprint density at radius 1 is 1.41 bits per heavy atom. The molecule has 1 aliphatic heterocycles. The second-order valence-electron chi connectivity index (χ2n) is 5.72. The lowest BCUT2D eigenvalue weighted by atomic mass is 9.94. The van der Waals surface area contributed by atoms with Gasteiger partial charge in [-0.3, -0.25) is 0 Å². The molecule has 0 bridgehead atoms. The highest BCUT2D eigenvalue weighted by Gasteiger charge is 2.24. The van der Waals surface area contributed by atoms with Crippen LogP contribution >= 0.6 is 11.3 Å². The van der Waals surface area contributed by atoms with E-state index in [-0.39, 0.29) is 0 Å². The van der Waals surface area contributed by atoms with E-state index < -0.39 is 0 Å². The maximum absolute atomic E-state index is 5.07. The van der Waals surface area contributed by atoms with Gasteiger partial charge in [0, 0.05) is 26.4 Å². The molecule has 0 N–H and O–H groups in total. The number of hydrogen-bond donors (Lipinski definition) is 0. The van der Waals surface area contributed by atoms with Gasteiger partial charge in [-0.1, -0.05) is 5.16 Å². The molecule has 7 heteroatoms. The fraction of sp³-hybridized carbons (Fsp3) is 0.467. The van der Waals surface area contributed by atoms with Crippen LogP contribution in [0.2, 0.25) is 0 Å². The molecule has 0 spiro atoms. The molecule has 3 aromatic heterocycles. The summed E-state index contributed by atoms with van der Waals surface area (Å²) >= 11 is 1.66. The molecule has 1 fully saturated rings. The molecule has 1 unspecified atom stereocenters. The number of rotatable bonds is 3. The van der Waals surface area contributed by atoms with Gasteiger partial charge in [0.1, 0.15) is 17.0 Å². The minimum absolute atomic E-state index is 0.536. The number of aryl methyl sites for hydroxylation is 1. The van der Waals surface area contributed by atoms with Crippen molar-refractivity contribution in [1.29, 1.82) is 0 Å². The summed E-state index contributed by atoms with van der Waals surface area (Å²) in [5.74, 6) is 3.04. The average Bonchev–Trinajstić information content (AvgIpc) is 3.16. The van der Waals surface area contributed by atoms with Crippen molar-refractivity contribution in [3.8, 4) is 0 Å². The summed E-state index contributed by atoms with van der Waals surface area (Å²) in [7, 11) is 0. The Labute approximate surface area is 132 Å². The van der Waals surface area contributed by atoms with E-state index in [1.165, 1.54) is 6.42 Å². The molecule has 1 saturated heterocycles. The van der Waals surface area contributed by atoms with Gasteiger partial charge in [0.05, 0.1) is 5.39 Å². The first kappa shape index (κ1) is 13.6. The third-order valence-corrected chi connectivity index (χ3v) is 4.92. The monoisotopic (exact) mass is 315 g/mol. The summed E-state index contributed by atoms with van der Waals surface area (Å²) < 4.78 is 5.07. The number of piperidine rings is 1. The Morgan fingerprint density at radius 2 is 2.36 bits per heavy atom. The third-order valence-electron chi connectivity index (χ3n) is 4.10. The zero-order valence-corrected chi connectivity index (χ0v) is 13.2. The molecular weight excluding hydrogens is 298 g/mol. The molecule has 1 aliphatic rings. The van der Waals surface area contributed by atoms with Gasteiger partial charge >= 0.3 is 0 Å². The van der Waals surface area contributed by atoms with Gasteiger partial charge in [-0.2, -0.15) is 4.98 Å². The van der Waals surface area contributed by atoms with Gasteiger partial charge in [-0.25, -0.2) is 9.97 Å². The first-order valence-corrected chi connectivity index (χ1v) is 8.40.